The summed E-state index contributed by atoms with van der Waals surface area (Å²) in [5.41, 5.74) is 3.03. The molecular weight excluding hydrogens is 397 g/mol. The number of morpholine rings is 1. The largest absolute Gasteiger partial charge is 0.479 e. The summed E-state index contributed by atoms with van der Waals surface area (Å²) < 4.78 is 15.3. The third-order valence-corrected chi connectivity index (χ3v) is 4.10. The fraction of sp³-hybridized carbons (Fsp3) is 0.471. The molecule has 0 saturated carbocycles. The molecule has 0 bridgehead atoms. The average Bonchev–Trinajstić information content (AvgIpc) is 2.62. The maximum absolute atomic E-state index is 11.9. The Labute approximate surface area is 167 Å². The maximum atomic E-state index is 11.9. The first-order valence-electron chi connectivity index (χ1n) is 8.39. The highest BCUT2D eigenvalue weighted by atomic mass is 35.5. The number of benzene rings is 1. The van der Waals surface area contributed by atoms with Gasteiger partial charge in [0.2, 0.25) is 0 Å². The number of ether oxygens (including phenoxy) is 3. The van der Waals surface area contributed by atoms with Crippen molar-refractivity contribution in [1.29, 1.82) is 0 Å². The molecule has 0 atom stereocenters. The Morgan fingerprint density at radius 2 is 1.96 bits per heavy atom. The summed E-state index contributed by atoms with van der Waals surface area (Å²) in [7, 11) is 0. The first-order chi connectivity index (χ1) is 13.0. The van der Waals surface area contributed by atoms with Gasteiger partial charge in [-0.15, -0.1) is 0 Å². The summed E-state index contributed by atoms with van der Waals surface area (Å²) >= 11 is 12.3. The summed E-state index contributed by atoms with van der Waals surface area (Å²) in [4.78, 5) is 25.2. The third kappa shape index (κ3) is 7.34. The first kappa shape index (κ1) is 21.4. The Hall–Kier alpha value is -1.87. The number of hydrogen-bond acceptors (Lipinski definition) is 7. The van der Waals surface area contributed by atoms with Crippen LogP contribution in [0, 0.1) is 0 Å². The Morgan fingerprint density at radius 3 is 2.59 bits per heavy atom. The zero-order valence-corrected chi connectivity index (χ0v) is 16.4. The van der Waals surface area contributed by atoms with Crippen LogP contribution >= 0.6 is 23.2 Å². The van der Waals surface area contributed by atoms with Crippen molar-refractivity contribution in [2.45, 2.75) is 6.92 Å². The lowest BCUT2D eigenvalue weighted by Crippen LogP contribution is -2.42. The van der Waals surface area contributed by atoms with Crippen LogP contribution < -0.4 is 10.2 Å². The van der Waals surface area contributed by atoms with Crippen LogP contribution in [0.15, 0.2) is 17.2 Å². The third-order valence-electron chi connectivity index (χ3n) is 3.53. The number of rotatable bonds is 8. The molecule has 0 spiro atoms. The lowest BCUT2D eigenvalue weighted by molar-refractivity contribution is -0.145. The van der Waals surface area contributed by atoms with Crippen molar-refractivity contribution in [1.82, 2.24) is 10.3 Å². The molecule has 1 aromatic rings. The minimum Gasteiger partial charge on any atom is -0.479 e. The average molecular weight is 418 g/mol. The van der Waals surface area contributed by atoms with Gasteiger partial charge in [-0.1, -0.05) is 23.2 Å². The van der Waals surface area contributed by atoms with E-state index >= 15 is 0 Å². The van der Waals surface area contributed by atoms with Gasteiger partial charge in [-0.3, -0.25) is 9.69 Å². The molecule has 0 radical (unpaired) electrons. The number of carbonyl (C=O) groups is 2. The second kappa shape index (κ2) is 11.1. The second-order valence-electron chi connectivity index (χ2n) is 5.59. The van der Waals surface area contributed by atoms with E-state index in [9.17, 15) is 9.59 Å². The summed E-state index contributed by atoms with van der Waals surface area (Å²) in [6.07, 6.45) is 1.42. The summed E-state index contributed by atoms with van der Waals surface area (Å²) in [6.45, 7) is 4.60. The van der Waals surface area contributed by atoms with E-state index < -0.39 is 5.97 Å². The topological polar surface area (TPSA) is 89.5 Å². The second-order valence-corrected chi connectivity index (χ2v) is 6.40. The molecule has 1 amide bonds. The molecule has 27 heavy (non-hydrogen) atoms. The Kier molecular flexibility index (Phi) is 8.80. The van der Waals surface area contributed by atoms with Crippen LogP contribution in [-0.2, 0) is 19.1 Å². The van der Waals surface area contributed by atoms with Crippen LogP contribution in [0.3, 0.4) is 0 Å². The van der Waals surface area contributed by atoms with E-state index in [4.69, 9.17) is 37.4 Å². The summed E-state index contributed by atoms with van der Waals surface area (Å²) in [6, 6.07) is 3.12. The van der Waals surface area contributed by atoms with Crippen molar-refractivity contribution in [3.63, 3.8) is 0 Å². The fourth-order valence-corrected chi connectivity index (χ4v) is 2.92. The number of amides is 1. The highest BCUT2D eigenvalue weighted by Gasteiger charge is 2.14. The van der Waals surface area contributed by atoms with Crippen molar-refractivity contribution < 1.29 is 23.8 Å². The minimum absolute atomic E-state index is 0.180. The SMILES string of the molecule is CCOC(=O)COc1c(Cl)cc(/C=N/NC(=O)CN2CCOCC2)cc1Cl. The highest BCUT2D eigenvalue weighted by molar-refractivity contribution is 6.37. The number of nitrogens with zero attached hydrogens (tertiary/aromatic N) is 2. The lowest BCUT2D eigenvalue weighted by atomic mass is 10.2. The van der Waals surface area contributed by atoms with Crippen LogP contribution in [0.5, 0.6) is 5.75 Å². The van der Waals surface area contributed by atoms with Crippen molar-refractivity contribution >= 4 is 41.3 Å². The van der Waals surface area contributed by atoms with Gasteiger partial charge in [0.1, 0.15) is 0 Å². The fourth-order valence-electron chi connectivity index (χ4n) is 2.30. The number of hydrazone groups is 1. The Morgan fingerprint density at radius 1 is 1.30 bits per heavy atom. The predicted octanol–water partition coefficient (Wildman–Crippen LogP) is 1.72. The van der Waals surface area contributed by atoms with E-state index in [1.165, 1.54) is 6.21 Å². The van der Waals surface area contributed by atoms with E-state index in [1.807, 2.05) is 4.90 Å². The van der Waals surface area contributed by atoms with Gasteiger partial charge in [0.25, 0.3) is 5.91 Å². The molecule has 0 unspecified atom stereocenters. The van der Waals surface area contributed by atoms with Gasteiger partial charge in [-0.25, -0.2) is 10.2 Å². The molecule has 1 aliphatic heterocycles. The molecular formula is C17H21Cl2N3O5. The van der Waals surface area contributed by atoms with Crippen molar-refractivity contribution in [2.24, 2.45) is 5.10 Å². The monoisotopic (exact) mass is 417 g/mol. The number of esters is 1. The van der Waals surface area contributed by atoms with Crippen LogP contribution in [0.4, 0.5) is 0 Å². The zero-order chi connectivity index (χ0) is 19.6. The molecule has 10 heteroatoms. The van der Waals surface area contributed by atoms with Crippen LogP contribution in [0.1, 0.15) is 12.5 Å². The van der Waals surface area contributed by atoms with E-state index in [0.29, 0.717) is 18.8 Å². The van der Waals surface area contributed by atoms with Crippen molar-refractivity contribution in [2.75, 3.05) is 46.1 Å². The van der Waals surface area contributed by atoms with Gasteiger partial charge < -0.3 is 14.2 Å². The minimum atomic E-state index is -0.516. The molecule has 1 N–H and O–H groups in total. The maximum Gasteiger partial charge on any atom is 0.344 e. The molecule has 0 aliphatic carbocycles. The van der Waals surface area contributed by atoms with Gasteiger partial charge in [0.05, 0.1) is 42.6 Å². The van der Waals surface area contributed by atoms with Crippen molar-refractivity contribution in [3.8, 4) is 5.75 Å². The van der Waals surface area contributed by atoms with Crippen LogP contribution in [0.2, 0.25) is 10.0 Å². The molecule has 1 aliphatic rings. The van der Waals surface area contributed by atoms with Gasteiger partial charge >= 0.3 is 5.97 Å². The number of hydrogen-bond donors (Lipinski definition) is 1. The molecule has 148 valence electrons. The van der Waals surface area contributed by atoms with Gasteiger partial charge in [-0.05, 0) is 24.6 Å². The molecule has 0 aromatic heterocycles. The van der Waals surface area contributed by atoms with Gasteiger partial charge in [0.15, 0.2) is 12.4 Å². The normalized spacial score (nSPS) is 14.9. The predicted molar refractivity (Wildman–Crippen MR) is 102 cm³/mol. The summed E-state index contributed by atoms with van der Waals surface area (Å²) in [5, 5.41) is 4.33. The Bertz CT molecular complexity index is 670. The molecule has 2 rings (SSSR count). The van der Waals surface area contributed by atoms with Crippen molar-refractivity contribution in [3.05, 3.63) is 27.7 Å². The molecule has 8 nitrogen and oxygen atoms in total. The van der Waals surface area contributed by atoms with Gasteiger partial charge in [0, 0.05) is 13.1 Å². The van der Waals surface area contributed by atoms with Crippen LogP contribution in [-0.4, -0.2) is 69.1 Å². The number of carbonyl (C=O) groups excluding carboxylic acids is 2. The lowest BCUT2D eigenvalue weighted by Gasteiger charge is -2.25. The smallest absolute Gasteiger partial charge is 0.344 e. The standard InChI is InChI=1S/C17H21Cl2N3O5/c1-2-26-16(24)11-27-17-13(18)7-12(8-14(17)19)9-20-21-15(23)10-22-3-5-25-6-4-22/h7-9H,2-6,10-11H2,1H3,(H,21,23)/b20-9+. The number of nitrogens with one attached hydrogen (secondary N) is 1. The summed E-state index contributed by atoms with van der Waals surface area (Å²) in [5.74, 6) is -0.558. The van der Waals surface area contributed by atoms with E-state index in [1.54, 1.807) is 19.1 Å². The molecule has 1 heterocycles. The first-order valence-corrected chi connectivity index (χ1v) is 9.14. The number of halogens is 2. The van der Waals surface area contributed by atoms with Gasteiger partial charge in [-0.2, -0.15) is 5.10 Å². The molecule has 1 fully saturated rings. The van der Waals surface area contributed by atoms with E-state index in [-0.39, 0.29) is 41.5 Å². The zero-order valence-electron chi connectivity index (χ0n) is 14.9. The quantitative estimate of drug-likeness (QED) is 0.393. The highest BCUT2D eigenvalue weighted by Crippen LogP contribution is 2.33. The molecule has 1 saturated heterocycles. The van der Waals surface area contributed by atoms with E-state index in [0.717, 1.165) is 13.1 Å². The van der Waals surface area contributed by atoms with E-state index in [2.05, 4.69) is 10.5 Å². The van der Waals surface area contributed by atoms with Crippen LogP contribution in [0.25, 0.3) is 0 Å². The Balaban J connectivity index is 1.87. The molecule has 1 aromatic carbocycles.